The Morgan fingerprint density at radius 1 is 1.21 bits per heavy atom. The van der Waals surface area contributed by atoms with Gasteiger partial charge in [0, 0.05) is 4.47 Å². The number of amides is 1. The Labute approximate surface area is 124 Å². The fraction of sp³-hybridized carbons (Fsp3) is 0.154. The molecular formula is C13H11BrClN3O. The summed E-state index contributed by atoms with van der Waals surface area (Å²) in [4.78, 5) is 11.9. The summed E-state index contributed by atoms with van der Waals surface area (Å²) in [6, 6.07) is 10.7. The molecule has 0 aliphatic carbocycles. The zero-order valence-corrected chi connectivity index (χ0v) is 12.4. The van der Waals surface area contributed by atoms with E-state index in [9.17, 15) is 4.79 Å². The lowest BCUT2D eigenvalue weighted by molar-refractivity contribution is 0.0934. The van der Waals surface area contributed by atoms with Crippen molar-refractivity contribution >= 4 is 33.4 Å². The molecule has 4 nitrogen and oxygen atoms in total. The molecule has 0 saturated heterocycles. The molecule has 6 heteroatoms. The normalized spacial score (nSPS) is 11.9. The van der Waals surface area contributed by atoms with E-state index in [1.165, 1.54) is 6.07 Å². The summed E-state index contributed by atoms with van der Waals surface area (Å²) in [5.41, 5.74) is 1.26. The highest BCUT2D eigenvalue weighted by Crippen LogP contribution is 2.16. The van der Waals surface area contributed by atoms with Gasteiger partial charge in [0.05, 0.1) is 6.04 Å². The van der Waals surface area contributed by atoms with E-state index in [-0.39, 0.29) is 22.8 Å². The van der Waals surface area contributed by atoms with Crippen LogP contribution in [0.1, 0.15) is 29.0 Å². The Bertz CT molecular complexity index is 571. The van der Waals surface area contributed by atoms with Crippen LogP contribution in [0.3, 0.4) is 0 Å². The van der Waals surface area contributed by atoms with Gasteiger partial charge >= 0.3 is 0 Å². The number of halogens is 2. The summed E-state index contributed by atoms with van der Waals surface area (Å²) in [6.45, 7) is 1.91. The second-order valence-corrected chi connectivity index (χ2v) is 5.29. The summed E-state index contributed by atoms with van der Waals surface area (Å²) in [7, 11) is 0. The van der Waals surface area contributed by atoms with Gasteiger partial charge in [-0.3, -0.25) is 4.79 Å². The van der Waals surface area contributed by atoms with Crippen molar-refractivity contribution in [2.24, 2.45) is 0 Å². The van der Waals surface area contributed by atoms with Crippen LogP contribution in [-0.2, 0) is 0 Å². The smallest absolute Gasteiger partial charge is 0.272 e. The molecule has 1 atom stereocenters. The first-order chi connectivity index (χ1) is 9.06. The van der Waals surface area contributed by atoms with E-state index in [1.807, 2.05) is 31.2 Å². The Hall–Kier alpha value is -1.46. The highest BCUT2D eigenvalue weighted by Gasteiger charge is 2.12. The van der Waals surface area contributed by atoms with Crippen LogP contribution in [0.4, 0.5) is 0 Å². The highest BCUT2D eigenvalue weighted by atomic mass is 79.9. The van der Waals surface area contributed by atoms with Gasteiger partial charge in [0.1, 0.15) is 0 Å². The molecule has 0 radical (unpaired) electrons. The number of carbonyl (C=O) groups excluding carboxylic acids is 1. The van der Waals surface area contributed by atoms with Gasteiger partial charge in [-0.1, -0.05) is 39.7 Å². The predicted octanol–water partition coefficient (Wildman–Crippen LogP) is 3.38. The van der Waals surface area contributed by atoms with E-state index in [0.29, 0.717) is 0 Å². The van der Waals surface area contributed by atoms with E-state index in [4.69, 9.17) is 11.6 Å². The first-order valence-electron chi connectivity index (χ1n) is 5.62. The highest BCUT2D eigenvalue weighted by molar-refractivity contribution is 9.10. The third-order valence-electron chi connectivity index (χ3n) is 2.58. The first kappa shape index (κ1) is 14.0. The fourth-order valence-corrected chi connectivity index (χ4v) is 1.91. The van der Waals surface area contributed by atoms with Crippen LogP contribution in [0.15, 0.2) is 40.9 Å². The number of benzene rings is 1. The summed E-state index contributed by atoms with van der Waals surface area (Å²) in [5.74, 6) is -0.278. The lowest BCUT2D eigenvalue weighted by Crippen LogP contribution is -2.27. The molecule has 1 aromatic carbocycles. The van der Waals surface area contributed by atoms with Crippen LogP contribution in [0, 0.1) is 0 Å². The van der Waals surface area contributed by atoms with Gasteiger partial charge in [0.2, 0.25) is 0 Å². The predicted molar refractivity (Wildman–Crippen MR) is 77.1 cm³/mol. The van der Waals surface area contributed by atoms with E-state index in [0.717, 1.165) is 10.0 Å². The number of aromatic nitrogens is 2. The number of nitrogens with zero attached hydrogens (tertiary/aromatic N) is 2. The van der Waals surface area contributed by atoms with Gasteiger partial charge < -0.3 is 5.32 Å². The minimum Gasteiger partial charge on any atom is -0.344 e. The van der Waals surface area contributed by atoms with Crippen LogP contribution < -0.4 is 5.32 Å². The second kappa shape index (κ2) is 6.12. The molecule has 0 bridgehead atoms. The molecule has 0 spiro atoms. The molecule has 0 unspecified atom stereocenters. The van der Waals surface area contributed by atoms with Gasteiger partial charge in [-0.2, -0.15) is 0 Å². The monoisotopic (exact) mass is 339 g/mol. The van der Waals surface area contributed by atoms with Crippen molar-refractivity contribution < 1.29 is 4.79 Å². The molecular weight excluding hydrogens is 330 g/mol. The first-order valence-corrected chi connectivity index (χ1v) is 6.79. The van der Waals surface area contributed by atoms with E-state index in [2.05, 4.69) is 31.4 Å². The Morgan fingerprint density at radius 3 is 2.47 bits per heavy atom. The lowest BCUT2D eigenvalue weighted by atomic mass is 10.1. The summed E-state index contributed by atoms with van der Waals surface area (Å²) in [6.07, 6.45) is 0. The minimum absolute atomic E-state index is 0.113. The largest absolute Gasteiger partial charge is 0.344 e. The van der Waals surface area contributed by atoms with Crippen molar-refractivity contribution in [3.8, 4) is 0 Å². The average Bonchev–Trinajstić information content (AvgIpc) is 2.40. The lowest BCUT2D eigenvalue weighted by Gasteiger charge is -2.13. The van der Waals surface area contributed by atoms with Crippen LogP contribution >= 0.6 is 27.5 Å². The molecule has 0 aliphatic rings. The van der Waals surface area contributed by atoms with E-state index < -0.39 is 0 Å². The molecule has 0 fully saturated rings. The molecule has 0 aliphatic heterocycles. The third kappa shape index (κ3) is 3.75. The minimum atomic E-state index is -0.278. The Balaban J connectivity index is 2.06. The van der Waals surface area contributed by atoms with Gasteiger partial charge in [-0.25, -0.2) is 0 Å². The molecule has 2 aromatic rings. The van der Waals surface area contributed by atoms with Crippen molar-refractivity contribution in [2.75, 3.05) is 0 Å². The number of nitrogens with one attached hydrogen (secondary N) is 1. The van der Waals surface area contributed by atoms with Crippen molar-refractivity contribution in [2.45, 2.75) is 13.0 Å². The zero-order chi connectivity index (χ0) is 13.8. The second-order valence-electron chi connectivity index (χ2n) is 3.99. The average molecular weight is 341 g/mol. The molecule has 1 heterocycles. The fourth-order valence-electron chi connectivity index (χ4n) is 1.54. The third-order valence-corrected chi connectivity index (χ3v) is 3.31. The topological polar surface area (TPSA) is 54.9 Å². The Kier molecular flexibility index (Phi) is 4.50. The van der Waals surface area contributed by atoms with E-state index in [1.54, 1.807) is 6.07 Å². The number of rotatable bonds is 3. The number of hydrogen-bond acceptors (Lipinski definition) is 3. The van der Waals surface area contributed by atoms with Crippen molar-refractivity contribution in [1.82, 2.24) is 15.5 Å². The van der Waals surface area contributed by atoms with Crippen molar-refractivity contribution in [3.63, 3.8) is 0 Å². The van der Waals surface area contributed by atoms with Gasteiger partial charge in [0.25, 0.3) is 5.91 Å². The number of hydrogen-bond donors (Lipinski definition) is 1. The van der Waals surface area contributed by atoms with Crippen LogP contribution in [0.2, 0.25) is 5.15 Å². The Morgan fingerprint density at radius 2 is 1.89 bits per heavy atom. The van der Waals surface area contributed by atoms with E-state index >= 15 is 0 Å². The molecule has 1 aromatic heterocycles. The molecule has 98 valence electrons. The molecule has 19 heavy (non-hydrogen) atoms. The molecule has 0 saturated carbocycles. The van der Waals surface area contributed by atoms with Crippen LogP contribution in [-0.4, -0.2) is 16.1 Å². The number of carbonyl (C=O) groups is 1. The maximum absolute atomic E-state index is 11.9. The van der Waals surface area contributed by atoms with Crippen LogP contribution in [0.5, 0.6) is 0 Å². The van der Waals surface area contributed by atoms with Gasteiger partial charge in [-0.05, 0) is 36.8 Å². The zero-order valence-electron chi connectivity index (χ0n) is 10.1. The van der Waals surface area contributed by atoms with Gasteiger partial charge in [-0.15, -0.1) is 10.2 Å². The standard InChI is InChI=1S/C13H11BrClN3O/c1-8(9-2-4-10(14)5-3-9)16-13(19)11-6-7-12(15)18-17-11/h2-8H,1H3,(H,16,19)/t8-/m0/s1. The quantitative estimate of drug-likeness (QED) is 0.932. The summed E-state index contributed by atoms with van der Waals surface area (Å²) in [5, 5.41) is 10.5. The molecule has 1 amide bonds. The van der Waals surface area contributed by atoms with Crippen molar-refractivity contribution in [1.29, 1.82) is 0 Å². The van der Waals surface area contributed by atoms with Crippen molar-refractivity contribution in [3.05, 3.63) is 57.3 Å². The van der Waals surface area contributed by atoms with Gasteiger partial charge in [0.15, 0.2) is 10.8 Å². The maximum Gasteiger partial charge on any atom is 0.272 e. The SMILES string of the molecule is C[C@H](NC(=O)c1ccc(Cl)nn1)c1ccc(Br)cc1. The molecule has 1 N–H and O–H groups in total. The summed E-state index contributed by atoms with van der Waals surface area (Å²) >= 11 is 8.99. The summed E-state index contributed by atoms with van der Waals surface area (Å²) < 4.78 is 0.998. The van der Waals surface area contributed by atoms with Crippen LogP contribution in [0.25, 0.3) is 0 Å². The molecule has 2 rings (SSSR count). The maximum atomic E-state index is 11.9.